The molecule has 0 saturated carbocycles. The van der Waals surface area contributed by atoms with Crippen molar-refractivity contribution >= 4 is 11.8 Å². The van der Waals surface area contributed by atoms with Crippen LogP contribution in [0.4, 0.5) is 0 Å². The summed E-state index contributed by atoms with van der Waals surface area (Å²) in [5.74, 6) is -2.27. The molecule has 1 aromatic carbocycles. The summed E-state index contributed by atoms with van der Waals surface area (Å²) in [6, 6.07) is 6.06. The van der Waals surface area contributed by atoms with E-state index in [-0.39, 0.29) is 5.56 Å². The summed E-state index contributed by atoms with van der Waals surface area (Å²) in [6.45, 7) is 0. The van der Waals surface area contributed by atoms with E-state index >= 15 is 0 Å². The van der Waals surface area contributed by atoms with Gasteiger partial charge in [0.1, 0.15) is 11.5 Å². The second-order valence-corrected chi connectivity index (χ2v) is 3.55. The predicted molar refractivity (Wildman–Crippen MR) is 65.0 cm³/mol. The summed E-state index contributed by atoms with van der Waals surface area (Å²) in [5, 5.41) is 8.88. The number of ketones is 1. The van der Waals surface area contributed by atoms with Crippen LogP contribution in [0.2, 0.25) is 0 Å². The van der Waals surface area contributed by atoms with Gasteiger partial charge >= 0.3 is 5.97 Å². The van der Waals surface area contributed by atoms with E-state index in [0.29, 0.717) is 11.5 Å². The number of benzene rings is 1. The standard InChI is InChI=1S/C13H13NO5/c1-17-9-4-8(5-10(6-9)18-2)12(15)11(7-14)13(16)19-3/h4-6,11H,1-3H3. The minimum Gasteiger partial charge on any atom is -0.497 e. The number of Topliss-reactive ketones (excluding diaryl/α,β-unsaturated/α-hetero) is 1. The number of hydrogen-bond acceptors (Lipinski definition) is 6. The van der Waals surface area contributed by atoms with Crippen molar-refractivity contribution in [2.24, 2.45) is 5.92 Å². The van der Waals surface area contributed by atoms with Gasteiger partial charge in [-0.25, -0.2) is 0 Å². The average molecular weight is 263 g/mol. The van der Waals surface area contributed by atoms with E-state index in [9.17, 15) is 9.59 Å². The molecule has 6 heteroatoms. The number of hydrogen-bond donors (Lipinski definition) is 0. The number of esters is 1. The lowest BCUT2D eigenvalue weighted by molar-refractivity contribution is -0.141. The average Bonchev–Trinajstić information content (AvgIpc) is 2.46. The number of carbonyl (C=O) groups is 2. The van der Waals surface area contributed by atoms with Crippen LogP contribution < -0.4 is 9.47 Å². The molecule has 0 radical (unpaired) electrons. The molecule has 19 heavy (non-hydrogen) atoms. The molecule has 0 saturated heterocycles. The van der Waals surface area contributed by atoms with Crippen molar-refractivity contribution in [3.8, 4) is 17.6 Å². The fourth-order valence-electron chi connectivity index (χ4n) is 1.45. The largest absolute Gasteiger partial charge is 0.497 e. The molecule has 1 atom stereocenters. The van der Waals surface area contributed by atoms with Crippen LogP contribution in [0.1, 0.15) is 10.4 Å². The van der Waals surface area contributed by atoms with Gasteiger partial charge in [-0.05, 0) is 12.1 Å². The minimum atomic E-state index is -1.50. The quantitative estimate of drug-likeness (QED) is 0.450. The fourth-order valence-corrected chi connectivity index (χ4v) is 1.45. The summed E-state index contributed by atoms with van der Waals surface area (Å²) in [4.78, 5) is 23.4. The Morgan fingerprint density at radius 2 is 1.63 bits per heavy atom. The summed E-state index contributed by atoms with van der Waals surface area (Å²) in [6.07, 6.45) is 0. The fraction of sp³-hybridized carbons (Fsp3) is 0.308. The Hall–Kier alpha value is -2.55. The topological polar surface area (TPSA) is 85.6 Å². The zero-order valence-corrected chi connectivity index (χ0v) is 10.8. The molecule has 0 aliphatic carbocycles. The smallest absolute Gasteiger partial charge is 0.331 e. The van der Waals surface area contributed by atoms with E-state index in [1.54, 1.807) is 12.1 Å². The first-order valence-electron chi connectivity index (χ1n) is 5.32. The Morgan fingerprint density at radius 1 is 1.11 bits per heavy atom. The van der Waals surface area contributed by atoms with Crippen LogP contribution in [0.3, 0.4) is 0 Å². The molecule has 0 bridgehead atoms. The first-order valence-corrected chi connectivity index (χ1v) is 5.32. The van der Waals surface area contributed by atoms with Crippen LogP contribution in [-0.4, -0.2) is 33.1 Å². The van der Waals surface area contributed by atoms with E-state index < -0.39 is 17.7 Å². The molecular formula is C13H13NO5. The lowest BCUT2D eigenvalue weighted by atomic mass is 9.98. The van der Waals surface area contributed by atoms with E-state index in [1.165, 1.54) is 26.4 Å². The van der Waals surface area contributed by atoms with Gasteiger partial charge in [0.05, 0.1) is 27.4 Å². The van der Waals surface area contributed by atoms with Crippen LogP contribution in [0.5, 0.6) is 11.5 Å². The van der Waals surface area contributed by atoms with Crippen molar-refractivity contribution in [3.05, 3.63) is 23.8 Å². The molecule has 1 unspecified atom stereocenters. The Kier molecular flexibility index (Phi) is 4.89. The van der Waals surface area contributed by atoms with Gasteiger partial charge < -0.3 is 14.2 Å². The molecule has 0 aromatic heterocycles. The molecule has 0 spiro atoms. The van der Waals surface area contributed by atoms with E-state index in [2.05, 4.69) is 4.74 Å². The first kappa shape index (κ1) is 14.5. The molecule has 100 valence electrons. The van der Waals surface area contributed by atoms with Crippen LogP contribution in [0.15, 0.2) is 18.2 Å². The van der Waals surface area contributed by atoms with Gasteiger partial charge in [-0.3, -0.25) is 9.59 Å². The highest BCUT2D eigenvalue weighted by atomic mass is 16.5. The zero-order chi connectivity index (χ0) is 14.4. The number of rotatable bonds is 5. The maximum Gasteiger partial charge on any atom is 0.331 e. The molecule has 6 nitrogen and oxygen atoms in total. The van der Waals surface area contributed by atoms with Gasteiger partial charge in [0.15, 0.2) is 5.78 Å². The van der Waals surface area contributed by atoms with Gasteiger partial charge in [-0.1, -0.05) is 0 Å². The van der Waals surface area contributed by atoms with Gasteiger partial charge in [0.25, 0.3) is 0 Å². The van der Waals surface area contributed by atoms with Crippen molar-refractivity contribution in [2.75, 3.05) is 21.3 Å². The van der Waals surface area contributed by atoms with Crippen molar-refractivity contribution in [1.29, 1.82) is 5.26 Å². The summed E-state index contributed by atoms with van der Waals surface area (Å²) < 4.78 is 14.4. The molecular weight excluding hydrogens is 250 g/mol. The van der Waals surface area contributed by atoms with Gasteiger partial charge in [-0.15, -0.1) is 0 Å². The summed E-state index contributed by atoms with van der Waals surface area (Å²) >= 11 is 0. The van der Waals surface area contributed by atoms with E-state index in [0.717, 1.165) is 7.11 Å². The number of nitrogens with zero attached hydrogens (tertiary/aromatic N) is 1. The SMILES string of the molecule is COC(=O)C(C#N)C(=O)c1cc(OC)cc(OC)c1. The Balaban J connectivity index is 3.18. The molecule has 0 fully saturated rings. The van der Waals surface area contributed by atoms with Crippen LogP contribution in [-0.2, 0) is 9.53 Å². The number of carbonyl (C=O) groups excluding carboxylic acids is 2. The highest BCUT2D eigenvalue weighted by molar-refractivity contribution is 6.11. The van der Waals surface area contributed by atoms with E-state index in [1.807, 2.05) is 0 Å². The lowest BCUT2D eigenvalue weighted by Crippen LogP contribution is -2.24. The van der Waals surface area contributed by atoms with Gasteiger partial charge in [0, 0.05) is 11.6 Å². The second kappa shape index (κ2) is 6.40. The Bertz CT molecular complexity index is 510. The van der Waals surface area contributed by atoms with Crippen molar-refractivity contribution in [3.63, 3.8) is 0 Å². The predicted octanol–water partition coefficient (Wildman–Crippen LogP) is 1.20. The minimum absolute atomic E-state index is 0.146. The van der Waals surface area contributed by atoms with Gasteiger partial charge in [-0.2, -0.15) is 5.26 Å². The monoisotopic (exact) mass is 263 g/mol. The molecule has 1 rings (SSSR count). The third-order valence-electron chi connectivity index (χ3n) is 2.46. The number of nitriles is 1. The zero-order valence-electron chi connectivity index (χ0n) is 10.8. The van der Waals surface area contributed by atoms with E-state index in [4.69, 9.17) is 14.7 Å². The highest BCUT2D eigenvalue weighted by Gasteiger charge is 2.29. The summed E-state index contributed by atoms with van der Waals surface area (Å²) in [5.41, 5.74) is 0.146. The Labute approximate surface area is 110 Å². The maximum absolute atomic E-state index is 12.1. The number of methoxy groups -OCH3 is 3. The van der Waals surface area contributed by atoms with Crippen LogP contribution in [0.25, 0.3) is 0 Å². The molecule has 0 amide bonds. The van der Waals surface area contributed by atoms with Crippen molar-refractivity contribution in [1.82, 2.24) is 0 Å². The lowest BCUT2D eigenvalue weighted by Gasteiger charge is -2.09. The molecule has 0 heterocycles. The molecule has 0 aliphatic heterocycles. The number of ether oxygens (including phenoxy) is 3. The van der Waals surface area contributed by atoms with Crippen molar-refractivity contribution < 1.29 is 23.8 Å². The molecule has 0 aliphatic rings. The Morgan fingerprint density at radius 3 is 2.00 bits per heavy atom. The highest BCUT2D eigenvalue weighted by Crippen LogP contribution is 2.24. The van der Waals surface area contributed by atoms with Crippen molar-refractivity contribution in [2.45, 2.75) is 0 Å². The second-order valence-electron chi connectivity index (χ2n) is 3.55. The third kappa shape index (κ3) is 3.22. The van der Waals surface area contributed by atoms with Crippen LogP contribution in [0, 0.1) is 17.2 Å². The summed E-state index contributed by atoms with van der Waals surface area (Å²) in [7, 11) is 3.99. The normalized spacial score (nSPS) is 11.1. The third-order valence-corrected chi connectivity index (χ3v) is 2.46. The molecule has 0 N–H and O–H groups in total. The van der Waals surface area contributed by atoms with Gasteiger partial charge in [0.2, 0.25) is 5.92 Å². The first-order chi connectivity index (χ1) is 9.07. The maximum atomic E-state index is 12.1. The van der Waals surface area contributed by atoms with Crippen LogP contribution >= 0.6 is 0 Å². The molecule has 1 aromatic rings.